The average Bonchev–Trinajstić information content (AvgIpc) is 2.38. The number of rotatable bonds is 5. The first-order valence-electron chi connectivity index (χ1n) is 7.30. The van der Waals surface area contributed by atoms with Crippen LogP contribution in [0.5, 0.6) is 0 Å². The molecule has 0 aromatic heterocycles. The Balaban J connectivity index is 1.95. The zero-order chi connectivity index (χ0) is 13.0. The highest BCUT2D eigenvalue weighted by Gasteiger charge is 2.16. The van der Waals surface area contributed by atoms with Gasteiger partial charge in [-0.2, -0.15) is 0 Å². The molecule has 0 spiro atoms. The van der Waals surface area contributed by atoms with Crippen LogP contribution in [0.25, 0.3) is 0 Å². The van der Waals surface area contributed by atoms with Crippen LogP contribution in [0.4, 0.5) is 5.69 Å². The Morgan fingerprint density at radius 1 is 1.39 bits per heavy atom. The Morgan fingerprint density at radius 3 is 3.00 bits per heavy atom. The second-order valence-electron chi connectivity index (χ2n) is 5.53. The molecule has 0 radical (unpaired) electrons. The average molecular weight is 246 g/mol. The first-order chi connectivity index (χ1) is 8.70. The number of benzene rings is 1. The summed E-state index contributed by atoms with van der Waals surface area (Å²) in [5.74, 6) is 0. The Bertz CT molecular complexity index is 387. The van der Waals surface area contributed by atoms with Crippen LogP contribution in [-0.4, -0.2) is 19.1 Å². The maximum absolute atomic E-state index is 5.98. The van der Waals surface area contributed by atoms with Crippen molar-refractivity contribution in [3.05, 3.63) is 29.3 Å². The molecule has 1 heterocycles. The molecule has 1 aromatic carbocycles. The van der Waals surface area contributed by atoms with Gasteiger partial charge in [-0.1, -0.05) is 24.6 Å². The fourth-order valence-corrected chi connectivity index (χ4v) is 2.78. The molecule has 0 amide bonds. The summed E-state index contributed by atoms with van der Waals surface area (Å²) in [7, 11) is 0. The van der Waals surface area contributed by atoms with Crippen LogP contribution in [0, 0.1) is 6.92 Å². The molecule has 2 N–H and O–H groups in total. The van der Waals surface area contributed by atoms with Crippen molar-refractivity contribution in [3.63, 3.8) is 0 Å². The monoisotopic (exact) mass is 246 g/mol. The minimum atomic E-state index is 0.382. The standard InChI is InChI=1S/C16H26N2/c1-3-15(17)7-5-11-18-10-4-6-14-12-13(2)8-9-16(14)18/h8-9,12,15H,3-7,10-11,17H2,1-2H3. The minimum Gasteiger partial charge on any atom is -0.371 e. The third kappa shape index (κ3) is 3.26. The number of hydrogen-bond acceptors (Lipinski definition) is 2. The van der Waals surface area contributed by atoms with Gasteiger partial charge < -0.3 is 10.6 Å². The van der Waals surface area contributed by atoms with Crippen molar-refractivity contribution in [2.45, 2.75) is 52.0 Å². The molecule has 2 nitrogen and oxygen atoms in total. The van der Waals surface area contributed by atoms with Gasteiger partial charge >= 0.3 is 0 Å². The summed E-state index contributed by atoms with van der Waals surface area (Å²) >= 11 is 0. The number of aryl methyl sites for hydroxylation is 2. The van der Waals surface area contributed by atoms with Crippen molar-refractivity contribution in [1.82, 2.24) is 0 Å². The van der Waals surface area contributed by atoms with E-state index in [9.17, 15) is 0 Å². The molecule has 0 bridgehead atoms. The van der Waals surface area contributed by atoms with Gasteiger partial charge in [0.05, 0.1) is 0 Å². The zero-order valence-corrected chi connectivity index (χ0v) is 11.8. The predicted octanol–water partition coefficient (Wildman–Crippen LogP) is 3.27. The lowest BCUT2D eigenvalue weighted by atomic mass is 9.99. The van der Waals surface area contributed by atoms with E-state index in [0.717, 1.165) is 19.4 Å². The number of hydrogen-bond donors (Lipinski definition) is 1. The highest BCUT2D eigenvalue weighted by molar-refractivity contribution is 5.56. The quantitative estimate of drug-likeness (QED) is 0.864. The highest BCUT2D eigenvalue weighted by Crippen LogP contribution is 2.28. The summed E-state index contributed by atoms with van der Waals surface area (Å²) in [6, 6.07) is 7.25. The van der Waals surface area contributed by atoms with Crippen molar-refractivity contribution >= 4 is 5.69 Å². The molecule has 100 valence electrons. The van der Waals surface area contributed by atoms with Crippen molar-refractivity contribution < 1.29 is 0 Å². The summed E-state index contributed by atoms with van der Waals surface area (Å²) in [6.45, 7) is 6.71. The van der Waals surface area contributed by atoms with E-state index in [0.29, 0.717) is 6.04 Å². The van der Waals surface area contributed by atoms with Crippen molar-refractivity contribution in [2.75, 3.05) is 18.0 Å². The summed E-state index contributed by atoms with van der Waals surface area (Å²) in [6.07, 6.45) is 5.98. The third-order valence-corrected chi connectivity index (χ3v) is 3.98. The van der Waals surface area contributed by atoms with E-state index in [1.54, 1.807) is 0 Å². The molecule has 1 unspecified atom stereocenters. The lowest BCUT2D eigenvalue weighted by Gasteiger charge is -2.32. The highest BCUT2D eigenvalue weighted by atomic mass is 15.1. The van der Waals surface area contributed by atoms with Gasteiger partial charge in [0.2, 0.25) is 0 Å². The molecule has 2 rings (SSSR count). The van der Waals surface area contributed by atoms with Crippen LogP contribution in [0.3, 0.4) is 0 Å². The second-order valence-corrected chi connectivity index (χ2v) is 5.53. The van der Waals surface area contributed by atoms with Gasteiger partial charge in [-0.25, -0.2) is 0 Å². The summed E-state index contributed by atoms with van der Waals surface area (Å²) < 4.78 is 0. The van der Waals surface area contributed by atoms with Crippen molar-refractivity contribution in [3.8, 4) is 0 Å². The number of nitrogens with zero attached hydrogens (tertiary/aromatic N) is 1. The maximum Gasteiger partial charge on any atom is 0.0398 e. The zero-order valence-electron chi connectivity index (χ0n) is 11.8. The van der Waals surface area contributed by atoms with Crippen molar-refractivity contribution in [1.29, 1.82) is 0 Å². The van der Waals surface area contributed by atoms with E-state index < -0.39 is 0 Å². The van der Waals surface area contributed by atoms with Crippen LogP contribution < -0.4 is 10.6 Å². The van der Waals surface area contributed by atoms with Crippen LogP contribution in [-0.2, 0) is 6.42 Å². The minimum absolute atomic E-state index is 0.382. The molecule has 18 heavy (non-hydrogen) atoms. The number of nitrogens with two attached hydrogens (primary N) is 1. The number of fused-ring (bicyclic) bond motifs is 1. The fraction of sp³-hybridized carbons (Fsp3) is 0.625. The molecule has 0 saturated carbocycles. The lowest BCUT2D eigenvalue weighted by Crippen LogP contribution is -2.31. The van der Waals surface area contributed by atoms with Crippen LogP contribution >= 0.6 is 0 Å². The predicted molar refractivity (Wildman–Crippen MR) is 79.2 cm³/mol. The molecular formula is C16H26N2. The molecule has 2 heteroatoms. The Morgan fingerprint density at radius 2 is 2.22 bits per heavy atom. The molecule has 1 aliphatic heterocycles. The normalized spacial score (nSPS) is 16.5. The van der Waals surface area contributed by atoms with Crippen LogP contribution in [0.15, 0.2) is 18.2 Å². The van der Waals surface area contributed by atoms with E-state index in [-0.39, 0.29) is 0 Å². The SMILES string of the molecule is CCC(N)CCCN1CCCc2cc(C)ccc21. The lowest BCUT2D eigenvalue weighted by molar-refractivity contribution is 0.554. The molecular weight excluding hydrogens is 220 g/mol. The Labute approximate surface area is 111 Å². The van der Waals surface area contributed by atoms with E-state index in [1.807, 2.05) is 0 Å². The van der Waals surface area contributed by atoms with E-state index in [4.69, 9.17) is 5.73 Å². The topological polar surface area (TPSA) is 29.3 Å². The molecule has 1 aliphatic rings. The Hall–Kier alpha value is -1.02. The van der Waals surface area contributed by atoms with Gasteiger partial charge in [-0.3, -0.25) is 0 Å². The molecule has 0 aliphatic carbocycles. The first-order valence-corrected chi connectivity index (χ1v) is 7.30. The van der Waals surface area contributed by atoms with Gasteiger partial charge in [-0.15, -0.1) is 0 Å². The fourth-order valence-electron chi connectivity index (χ4n) is 2.78. The van der Waals surface area contributed by atoms with E-state index in [1.165, 1.54) is 42.6 Å². The summed E-state index contributed by atoms with van der Waals surface area (Å²) in [5.41, 5.74) is 10.3. The molecule has 1 aromatic rings. The van der Waals surface area contributed by atoms with Gasteiger partial charge in [0, 0.05) is 24.8 Å². The van der Waals surface area contributed by atoms with Gasteiger partial charge in [0.15, 0.2) is 0 Å². The largest absolute Gasteiger partial charge is 0.371 e. The molecule has 0 fully saturated rings. The van der Waals surface area contributed by atoms with Gasteiger partial charge in [-0.05, 0) is 50.7 Å². The van der Waals surface area contributed by atoms with E-state index >= 15 is 0 Å². The molecule has 0 saturated heterocycles. The summed E-state index contributed by atoms with van der Waals surface area (Å²) in [4.78, 5) is 2.54. The van der Waals surface area contributed by atoms with E-state index in [2.05, 4.69) is 36.9 Å². The van der Waals surface area contributed by atoms with Gasteiger partial charge in [0.25, 0.3) is 0 Å². The first kappa shape index (κ1) is 13.4. The van der Waals surface area contributed by atoms with Crippen LogP contribution in [0.1, 0.15) is 43.7 Å². The molecule has 1 atom stereocenters. The summed E-state index contributed by atoms with van der Waals surface area (Å²) in [5, 5.41) is 0. The maximum atomic E-state index is 5.98. The third-order valence-electron chi connectivity index (χ3n) is 3.98. The number of anilines is 1. The van der Waals surface area contributed by atoms with Crippen molar-refractivity contribution in [2.24, 2.45) is 5.73 Å². The second kappa shape index (κ2) is 6.24. The van der Waals surface area contributed by atoms with Gasteiger partial charge in [0.1, 0.15) is 0 Å². The van der Waals surface area contributed by atoms with Crippen LogP contribution in [0.2, 0.25) is 0 Å². The smallest absolute Gasteiger partial charge is 0.0398 e. The Kier molecular flexibility index (Phi) is 4.65.